The molecule has 8 nitrogen and oxygen atoms in total. The van der Waals surface area contributed by atoms with Crippen LogP contribution in [0.5, 0.6) is 0 Å². The molecular weight excluding hydrogens is 358 g/mol. The van der Waals surface area contributed by atoms with Gasteiger partial charge in [0.15, 0.2) is 0 Å². The Balaban J connectivity index is 1.75. The van der Waals surface area contributed by atoms with Crippen LogP contribution in [0, 0.1) is 10.1 Å². The zero-order valence-electron chi connectivity index (χ0n) is 13.1. The summed E-state index contributed by atoms with van der Waals surface area (Å²) < 4.78 is 0. The molecule has 1 heterocycles. The van der Waals surface area contributed by atoms with Gasteiger partial charge in [-0.25, -0.2) is 0 Å². The van der Waals surface area contributed by atoms with Crippen molar-refractivity contribution in [1.29, 1.82) is 0 Å². The highest BCUT2D eigenvalue weighted by Gasteiger charge is 2.24. The van der Waals surface area contributed by atoms with Crippen LogP contribution in [0.4, 0.5) is 16.2 Å². The summed E-state index contributed by atoms with van der Waals surface area (Å²) in [6.45, 7) is 0. The molecule has 0 saturated carbocycles. The van der Waals surface area contributed by atoms with Crippen LogP contribution in [0.2, 0.25) is 0 Å². The average molecular weight is 369 g/mol. The lowest BCUT2D eigenvalue weighted by Gasteiger charge is -2.06. The first-order chi connectivity index (χ1) is 12.4. The molecule has 0 atom stereocenters. The number of imide groups is 1. The van der Waals surface area contributed by atoms with Crippen molar-refractivity contribution in [1.82, 2.24) is 5.32 Å². The van der Waals surface area contributed by atoms with E-state index in [2.05, 4.69) is 10.6 Å². The van der Waals surface area contributed by atoms with Crippen molar-refractivity contribution in [3.05, 3.63) is 74.7 Å². The predicted molar refractivity (Wildman–Crippen MR) is 96.6 cm³/mol. The molecule has 0 unspecified atom stereocenters. The fourth-order valence-corrected chi connectivity index (χ4v) is 2.90. The number of carbonyl (C=O) groups is 3. The molecule has 3 rings (SSSR count). The summed E-state index contributed by atoms with van der Waals surface area (Å²) in [6, 6.07) is 12.0. The van der Waals surface area contributed by atoms with Gasteiger partial charge < -0.3 is 5.32 Å². The van der Waals surface area contributed by atoms with Crippen LogP contribution in [0.25, 0.3) is 6.08 Å². The molecule has 26 heavy (non-hydrogen) atoms. The number of anilines is 1. The number of amides is 3. The summed E-state index contributed by atoms with van der Waals surface area (Å²) in [5.74, 6) is -0.881. The third-order valence-electron chi connectivity index (χ3n) is 3.42. The number of hydrogen-bond acceptors (Lipinski definition) is 6. The second-order valence-corrected chi connectivity index (χ2v) is 6.25. The smallest absolute Gasteiger partial charge is 0.290 e. The van der Waals surface area contributed by atoms with Gasteiger partial charge in [0.2, 0.25) is 0 Å². The zero-order valence-corrected chi connectivity index (χ0v) is 13.9. The van der Waals surface area contributed by atoms with Crippen molar-refractivity contribution < 1.29 is 19.3 Å². The Morgan fingerprint density at radius 2 is 1.88 bits per heavy atom. The lowest BCUT2D eigenvalue weighted by atomic mass is 10.1. The van der Waals surface area contributed by atoms with Gasteiger partial charge >= 0.3 is 0 Å². The number of non-ortho nitro benzene ring substituents is 1. The van der Waals surface area contributed by atoms with E-state index in [1.54, 1.807) is 30.3 Å². The molecule has 0 bridgehead atoms. The highest BCUT2D eigenvalue weighted by molar-refractivity contribution is 8.18. The molecule has 130 valence electrons. The predicted octanol–water partition coefficient (Wildman–Crippen LogP) is 3.17. The Labute approximate surface area is 151 Å². The van der Waals surface area contributed by atoms with Gasteiger partial charge in [0.1, 0.15) is 0 Å². The lowest BCUT2D eigenvalue weighted by Crippen LogP contribution is -2.17. The summed E-state index contributed by atoms with van der Waals surface area (Å²) in [7, 11) is 0. The minimum Gasteiger partial charge on any atom is -0.322 e. The van der Waals surface area contributed by atoms with Crippen LogP contribution in [-0.2, 0) is 4.79 Å². The largest absolute Gasteiger partial charge is 0.322 e. The highest BCUT2D eigenvalue weighted by atomic mass is 32.2. The van der Waals surface area contributed by atoms with Gasteiger partial charge in [-0.1, -0.05) is 12.1 Å². The average Bonchev–Trinajstić information content (AvgIpc) is 2.92. The van der Waals surface area contributed by atoms with Crippen molar-refractivity contribution in [3.63, 3.8) is 0 Å². The number of rotatable bonds is 4. The standard InChI is InChI=1S/C17H11N3O5S/c21-15(11-4-6-13(7-5-11)20(24)25)18-12-3-1-2-10(8-12)9-14-16(22)19-17(23)26-14/h1-9H,(H,18,21)(H,19,22,23)/b14-9+. The van der Waals surface area contributed by atoms with Gasteiger partial charge in [0.05, 0.1) is 9.83 Å². The molecule has 0 radical (unpaired) electrons. The quantitative estimate of drug-likeness (QED) is 0.485. The Morgan fingerprint density at radius 3 is 2.50 bits per heavy atom. The van der Waals surface area contributed by atoms with Gasteiger partial charge in [0, 0.05) is 23.4 Å². The Bertz CT molecular complexity index is 953. The molecule has 1 aliphatic rings. The normalized spacial score (nSPS) is 15.0. The topological polar surface area (TPSA) is 118 Å². The molecule has 9 heteroatoms. The van der Waals surface area contributed by atoms with Gasteiger partial charge in [0.25, 0.3) is 22.7 Å². The number of nitro groups is 1. The minimum atomic E-state index is -0.541. The number of thioether (sulfide) groups is 1. The molecule has 2 aromatic rings. The zero-order chi connectivity index (χ0) is 18.7. The van der Waals surface area contributed by atoms with Gasteiger partial charge in [-0.05, 0) is 47.7 Å². The minimum absolute atomic E-state index is 0.0999. The second kappa shape index (κ2) is 7.19. The van der Waals surface area contributed by atoms with Crippen molar-refractivity contribution in [3.8, 4) is 0 Å². The van der Waals surface area contributed by atoms with Gasteiger partial charge in [-0.3, -0.25) is 29.8 Å². The molecule has 1 saturated heterocycles. The van der Waals surface area contributed by atoms with Crippen LogP contribution in [0.3, 0.4) is 0 Å². The Kier molecular flexibility index (Phi) is 4.81. The van der Waals surface area contributed by atoms with Gasteiger partial charge in [-0.15, -0.1) is 0 Å². The van der Waals surface area contributed by atoms with Crippen LogP contribution >= 0.6 is 11.8 Å². The SMILES string of the molecule is O=C1NC(=O)/C(=C\c2cccc(NC(=O)c3ccc([N+](=O)[O-])cc3)c2)S1. The maximum Gasteiger partial charge on any atom is 0.290 e. The number of nitrogens with zero attached hydrogens (tertiary/aromatic N) is 1. The van der Waals surface area contributed by atoms with E-state index in [9.17, 15) is 24.5 Å². The summed E-state index contributed by atoms with van der Waals surface area (Å²) in [5.41, 5.74) is 1.30. The van der Waals surface area contributed by atoms with E-state index < -0.39 is 22.0 Å². The van der Waals surface area contributed by atoms with E-state index in [-0.39, 0.29) is 16.2 Å². The number of nitro benzene ring substituents is 1. The number of nitrogens with one attached hydrogen (secondary N) is 2. The molecular formula is C17H11N3O5S. The molecule has 2 aromatic carbocycles. The molecule has 0 aromatic heterocycles. The molecule has 2 N–H and O–H groups in total. The maximum atomic E-state index is 12.2. The van der Waals surface area contributed by atoms with Crippen molar-refractivity contribution in [2.75, 3.05) is 5.32 Å². The van der Waals surface area contributed by atoms with Crippen LogP contribution in [0.1, 0.15) is 15.9 Å². The van der Waals surface area contributed by atoms with E-state index in [0.29, 0.717) is 11.3 Å². The highest BCUT2D eigenvalue weighted by Crippen LogP contribution is 2.26. The molecule has 0 aliphatic carbocycles. The van der Waals surface area contributed by atoms with E-state index >= 15 is 0 Å². The Hall–Kier alpha value is -3.46. The number of carbonyl (C=O) groups excluding carboxylic acids is 3. The summed E-state index contributed by atoms with van der Waals surface area (Å²) >= 11 is 0.808. The monoisotopic (exact) mass is 369 g/mol. The number of hydrogen-bond donors (Lipinski definition) is 2. The fraction of sp³-hybridized carbons (Fsp3) is 0. The first-order valence-corrected chi connectivity index (χ1v) is 8.15. The van der Waals surface area contributed by atoms with Crippen LogP contribution in [0.15, 0.2) is 53.4 Å². The third kappa shape index (κ3) is 3.95. The second-order valence-electron chi connectivity index (χ2n) is 5.24. The molecule has 1 fully saturated rings. The lowest BCUT2D eigenvalue weighted by molar-refractivity contribution is -0.384. The summed E-state index contributed by atoms with van der Waals surface area (Å²) in [5, 5.41) is 15.1. The van der Waals surface area contributed by atoms with Crippen molar-refractivity contribution in [2.45, 2.75) is 0 Å². The summed E-state index contributed by atoms with van der Waals surface area (Å²) in [4.78, 5) is 45.4. The molecule has 0 spiro atoms. The Morgan fingerprint density at radius 1 is 1.15 bits per heavy atom. The maximum absolute atomic E-state index is 12.2. The van der Waals surface area contributed by atoms with E-state index in [0.717, 1.165) is 11.8 Å². The number of benzene rings is 2. The first-order valence-electron chi connectivity index (χ1n) is 7.33. The van der Waals surface area contributed by atoms with Crippen LogP contribution in [-0.4, -0.2) is 22.0 Å². The van der Waals surface area contributed by atoms with E-state index in [1.807, 2.05) is 0 Å². The summed E-state index contributed by atoms with van der Waals surface area (Å²) in [6.07, 6.45) is 1.55. The van der Waals surface area contributed by atoms with Crippen molar-refractivity contribution >= 4 is 46.3 Å². The van der Waals surface area contributed by atoms with Crippen LogP contribution < -0.4 is 10.6 Å². The fourth-order valence-electron chi connectivity index (χ4n) is 2.22. The van der Waals surface area contributed by atoms with Gasteiger partial charge in [-0.2, -0.15) is 0 Å². The molecule has 1 aliphatic heterocycles. The third-order valence-corrected chi connectivity index (χ3v) is 4.24. The van der Waals surface area contributed by atoms with E-state index in [1.165, 1.54) is 24.3 Å². The van der Waals surface area contributed by atoms with E-state index in [4.69, 9.17) is 0 Å². The molecule has 3 amide bonds. The first kappa shape index (κ1) is 17.4. The van der Waals surface area contributed by atoms with Crippen molar-refractivity contribution in [2.24, 2.45) is 0 Å².